The molecule has 0 aliphatic carbocycles. The molecule has 5 heteroatoms. The van der Waals surface area contributed by atoms with Gasteiger partial charge in [0.15, 0.2) is 0 Å². The summed E-state index contributed by atoms with van der Waals surface area (Å²) in [4.78, 5) is 10.9. The number of thioether (sulfide) groups is 1. The molecule has 0 aromatic heterocycles. The van der Waals surface area contributed by atoms with Crippen molar-refractivity contribution in [2.75, 3.05) is 12.4 Å². The van der Waals surface area contributed by atoms with Crippen LogP contribution in [0.5, 0.6) is 0 Å². The van der Waals surface area contributed by atoms with Gasteiger partial charge < -0.3 is 14.2 Å². The molecule has 2 atom stereocenters. The van der Waals surface area contributed by atoms with E-state index in [1.165, 1.54) is 0 Å². The highest BCUT2D eigenvalue weighted by molar-refractivity contribution is 8.00. The molecule has 76 valence electrons. The average Bonchev–Trinajstić information content (AvgIpc) is 2.52. The molecule has 0 aromatic rings. The van der Waals surface area contributed by atoms with Crippen LogP contribution in [-0.2, 0) is 14.2 Å². The summed E-state index contributed by atoms with van der Waals surface area (Å²) in [6.45, 7) is 4.10. The first-order valence-corrected chi connectivity index (χ1v) is 5.41. The van der Waals surface area contributed by atoms with Crippen LogP contribution in [0.1, 0.15) is 20.3 Å². The molecule has 1 rings (SSSR count). The lowest BCUT2D eigenvalue weighted by Gasteiger charge is -2.11. The predicted octanol–water partition coefficient (Wildman–Crippen LogP) is 1.99. The number of hydrogen-bond donors (Lipinski definition) is 0. The molecule has 0 amide bonds. The third-order valence-electron chi connectivity index (χ3n) is 1.54. The lowest BCUT2D eigenvalue weighted by atomic mass is 10.5. The van der Waals surface area contributed by atoms with Crippen molar-refractivity contribution in [1.29, 1.82) is 0 Å². The van der Waals surface area contributed by atoms with Crippen molar-refractivity contribution in [3.05, 3.63) is 0 Å². The third kappa shape index (κ3) is 3.44. The Bertz CT molecular complexity index is 174. The average molecular weight is 206 g/mol. The minimum atomic E-state index is -0.648. The first kappa shape index (κ1) is 10.7. The van der Waals surface area contributed by atoms with Crippen LogP contribution < -0.4 is 0 Å². The van der Waals surface area contributed by atoms with Crippen molar-refractivity contribution in [3.8, 4) is 0 Å². The summed E-state index contributed by atoms with van der Waals surface area (Å²) in [6.07, 6.45) is -0.160. The molecule has 1 fully saturated rings. The summed E-state index contributed by atoms with van der Waals surface area (Å²) in [5, 5.41) is 0. The maximum absolute atomic E-state index is 10.9. The van der Waals surface area contributed by atoms with E-state index in [0.717, 1.165) is 6.42 Å². The van der Waals surface area contributed by atoms with Crippen LogP contribution in [0.25, 0.3) is 0 Å². The molecule has 13 heavy (non-hydrogen) atoms. The zero-order valence-corrected chi connectivity index (χ0v) is 8.63. The number of ether oxygens (including phenoxy) is 3. The maximum Gasteiger partial charge on any atom is 0.510 e. The molecule has 1 aliphatic rings. The molecule has 1 saturated heterocycles. The molecule has 4 nitrogen and oxygen atoms in total. The van der Waals surface area contributed by atoms with Gasteiger partial charge in [-0.05, 0) is 13.3 Å². The van der Waals surface area contributed by atoms with Crippen LogP contribution in [0.15, 0.2) is 0 Å². The van der Waals surface area contributed by atoms with Gasteiger partial charge in [0, 0.05) is 0 Å². The predicted molar refractivity (Wildman–Crippen MR) is 49.5 cm³/mol. The highest BCUT2D eigenvalue weighted by Gasteiger charge is 2.27. The van der Waals surface area contributed by atoms with Crippen molar-refractivity contribution in [2.24, 2.45) is 0 Å². The Morgan fingerprint density at radius 3 is 2.92 bits per heavy atom. The molecule has 2 unspecified atom stereocenters. The summed E-state index contributed by atoms with van der Waals surface area (Å²) in [7, 11) is 0. The Morgan fingerprint density at radius 2 is 2.38 bits per heavy atom. The van der Waals surface area contributed by atoms with Crippen LogP contribution in [0.4, 0.5) is 4.79 Å². The van der Waals surface area contributed by atoms with Crippen LogP contribution in [0.3, 0.4) is 0 Å². The topological polar surface area (TPSA) is 44.8 Å². The normalized spacial score (nSPS) is 27.2. The maximum atomic E-state index is 10.9. The fourth-order valence-electron chi connectivity index (χ4n) is 0.969. The summed E-state index contributed by atoms with van der Waals surface area (Å²) < 4.78 is 14.9. The Kier molecular flexibility index (Phi) is 4.38. The van der Waals surface area contributed by atoms with E-state index in [1.807, 2.05) is 6.92 Å². The molecule has 0 spiro atoms. The van der Waals surface area contributed by atoms with E-state index in [4.69, 9.17) is 9.47 Å². The van der Waals surface area contributed by atoms with Gasteiger partial charge in [-0.25, -0.2) is 4.79 Å². The summed E-state index contributed by atoms with van der Waals surface area (Å²) in [5.74, 6) is 0.692. The Morgan fingerprint density at radius 1 is 1.62 bits per heavy atom. The van der Waals surface area contributed by atoms with E-state index in [0.29, 0.717) is 12.4 Å². The lowest BCUT2D eigenvalue weighted by molar-refractivity contribution is -0.106. The van der Waals surface area contributed by atoms with E-state index >= 15 is 0 Å². The summed E-state index contributed by atoms with van der Waals surface area (Å²) in [6, 6.07) is 0. The zero-order chi connectivity index (χ0) is 9.68. The van der Waals surface area contributed by atoms with Crippen LogP contribution in [-0.4, -0.2) is 30.2 Å². The van der Waals surface area contributed by atoms with E-state index in [2.05, 4.69) is 4.74 Å². The first-order chi connectivity index (χ1) is 6.26. The number of carbonyl (C=O) groups excluding carboxylic acids is 1. The molecule has 0 aromatic carbocycles. The van der Waals surface area contributed by atoms with Gasteiger partial charge in [0.1, 0.15) is 5.44 Å². The van der Waals surface area contributed by atoms with Crippen molar-refractivity contribution in [1.82, 2.24) is 0 Å². The molecule has 1 heterocycles. The Balaban J connectivity index is 2.19. The Labute approximate surface area is 81.9 Å². The lowest BCUT2D eigenvalue weighted by Crippen LogP contribution is -2.21. The molecule has 0 saturated carbocycles. The third-order valence-corrected chi connectivity index (χ3v) is 2.83. The highest BCUT2D eigenvalue weighted by Crippen LogP contribution is 2.27. The summed E-state index contributed by atoms with van der Waals surface area (Å²) in [5.41, 5.74) is 0.152. The molecule has 1 aliphatic heterocycles. The monoisotopic (exact) mass is 206 g/mol. The minimum absolute atomic E-state index is 0.152. The standard InChI is InChI=1S/C8H14O4S/c1-3-7-11-6(5-13-7)12-8(9)10-4-2/h6-7H,3-5H2,1-2H3. The fourth-order valence-corrected chi connectivity index (χ4v) is 1.93. The molecule has 0 N–H and O–H groups in total. The van der Waals surface area contributed by atoms with Crippen LogP contribution in [0, 0.1) is 0 Å². The molecular weight excluding hydrogens is 192 g/mol. The van der Waals surface area contributed by atoms with E-state index in [-0.39, 0.29) is 5.44 Å². The molecule has 0 bridgehead atoms. The van der Waals surface area contributed by atoms with E-state index < -0.39 is 12.4 Å². The van der Waals surface area contributed by atoms with Crippen molar-refractivity contribution >= 4 is 17.9 Å². The fraction of sp³-hybridized carbons (Fsp3) is 0.875. The Hall–Kier alpha value is -0.420. The van der Waals surface area contributed by atoms with Crippen molar-refractivity contribution < 1.29 is 19.0 Å². The zero-order valence-electron chi connectivity index (χ0n) is 7.82. The molecule has 0 radical (unpaired) electrons. The first-order valence-electron chi connectivity index (χ1n) is 4.36. The van der Waals surface area contributed by atoms with Gasteiger partial charge in [0.05, 0.1) is 12.4 Å². The second kappa shape index (κ2) is 5.34. The van der Waals surface area contributed by atoms with Gasteiger partial charge in [0.2, 0.25) is 6.29 Å². The van der Waals surface area contributed by atoms with Gasteiger partial charge >= 0.3 is 6.16 Å². The molecular formula is C8H14O4S. The number of hydrogen-bond acceptors (Lipinski definition) is 5. The number of rotatable bonds is 3. The van der Waals surface area contributed by atoms with Gasteiger partial charge in [0.25, 0.3) is 0 Å². The second-order valence-electron chi connectivity index (χ2n) is 2.54. The van der Waals surface area contributed by atoms with Gasteiger partial charge in [-0.15, -0.1) is 11.8 Å². The smallest absolute Gasteiger partial charge is 0.435 e. The largest absolute Gasteiger partial charge is 0.510 e. The van der Waals surface area contributed by atoms with Crippen LogP contribution >= 0.6 is 11.8 Å². The quantitative estimate of drug-likeness (QED) is 0.661. The van der Waals surface area contributed by atoms with Crippen LogP contribution in [0.2, 0.25) is 0 Å². The van der Waals surface area contributed by atoms with Crippen molar-refractivity contribution in [2.45, 2.75) is 32.0 Å². The van der Waals surface area contributed by atoms with E-state index in [9.17, 15) is 4.79 Å². The second-order valence-corrected chi connectivity index (χ2v) is 3.73. The van der Waals surface area contributed by atoms with Gasteiger partial charge in [-0.3, -0.25) is 0 Å². The van der Waals surface area contributed by atoms with Gasteiger partial charge in [-0.1, -0.05) is 6.92 Å². The minimum Gasteiger partial charge on any atom is -0.435 e. The number of carbonyl (C=O) groups is 1. The van der Waals surface area contributed by atoms with E-state index in [1.54, 1.807) is 18.7 Å². The summed E-state index contributed by atoms with van der Waals surface area (Å²) >= 11 is 1.66. The van der Waals surface area contributed by atoms with Gasteiger partial charge in [-0.2, -0.15) is 0 Å². The van der Waals surface area contributed by atoms with Crippen molar-refractivity contribution in [3.63, 3.8) is 0 Å². The SMILES string of the molecule is CCOC(=O)OC1CSC(CC)O1. The highest BCUT2D eigenvalue weighted by atomic mass is 32.2.